The maximum Gasteiger partial charge on any atom is 0.248 e. The van der Waals surface area contributed by atoms with E-state index in [0.29, 0.717) is 5.56 Å². The first-order chi connectivity index (χ1) is 9.97. The molecule has 21 heavy (non-hydrogen) atoms. The first-order valence-corrected chi connectivity index (χ1v) is 7.86. The van der Waals surface area contributed by atoms with E-state index in [1.165, 1.54) is 11.0 Å². The zero-order valence-electron chi connectivity index (χ0n) is 10.8. The predicted molar refractivity (Wildman–Crippen MR) is 86.4 cm³/mol. The fourth-order valence-electron chi connectivity index (χ4n) is 2.43. The largest absolute Gasteiger partial charge is 0.316 e. The number of rotatable bonds is 2. The number of nitrogens with zero attached hydrogens (tertiary/aromatic N) is 1. The van der Waals surface area contributed by atoms with Gasteiger partial charge < -0.3 is 10.6 Å². The van der Waals surface area contributed by atoms with Crippen molar-refractivity contribution in [1.82, 2.24) is 0 Å². The summed E-state index contributed by atoms with van der Waals surface area (Å²) in [7, 11) is 0. The second-order valence-electron chi connectivity index (χ2n) is 4.84. The van der Waals surface area contributed by atoms with Crippen molar-refractivity contribution >= 4 is 43.5 Å². The number of carbonyl (C=O) groups is 1. The molecule has 0 aliphatic carbocycles. The van der Waals surface area contributed by atoms with Gasteiger partial charge in [0.15, 0.2) is 0 Å². The Kier molecular flexibility index (Phi) is 3.86. The van der Waals surface area contributed by atoms with Crippen molar-refractivity contribution in [3.05, 3.63) is 62.3 Å². The van der Waals surface area contributed by atoms with Gasteiger partial charge in [0.25, 0.3) is 0 Å². The summed E-state index contributed by atoms with van der Waals surface area (Å²) in [6, 6.07) is 9.47. The number of hydrogen-bond donors (Lipinski definition) is 1. The summed E-state index contributed by atoms with van der Waals surface area (Å²) in [5, 5.41) is 0. The number of fused-ring (bicyclic) bond motifs is 1. The summed E-state index contributed by atoms with van der Waals surface area (Å²) in [6.45, 7) is 0.154. The van der Waals surface area contributed by atoms with Crippen molar-refractivity contribution < 1.29 is 9.18 Å². The molecule has 2 aromatic rings. The lowest BCUT2D eigenvalue weighted by atomic mass is 10.1. The van der Waals surface area contributed by atoms with Gasteiger partial charge in [0.1, 0.15) is 11.9 Å². The number of benzene rings is 2. The van der Waals surface area contributed by atoms with Gasteiger partial charge in [-0.25, -0.2) is 4.39 Å². The molecule has 0 aromatic heterocycles. The molecule has 1 heterocycles. The summed E-state index contributed by atoms with van der Waals surface area (Å²) in [6.07, 6.45) is 0. The molecule has 1 aliphatic rings. The zero-order chi connectivity index (χ0) is 15.1. The van der Waals surface area contributed by atoms with Crippen LogP contribution in [0.1, 0.15) is 17.2 Å². The van der Waals surface area contributed by atoms with Gasteiger partial charge >= 0.3 is 0 Å². The Bertz CT molecular complexity index is 736. The fraction of sp³-hybridized carbons (Fsp3) is 0.133. The van der Waals surface area contributed by atoms with Crippen LogP contribution in [0.5, 0.6) is 0 Å². The van der Waals surface area contributed by atoms with Crippen LogP contribution in [0.4, 0.5) is 10.1 Å². The lowest BCUT2D eigenvalue weighted by molar-refractivity contribution is -0.119. The fourth-order valence-corrected chi connectivity index (χ4v) is 3.19. The van der Waals surface area contributed by atoms with E-state index in [1.54, 1.807) is 12.1 Å². The topological polar surface area (TPSA) is 46.3 Å². The van der Waals surface area contributed by atoms with E-state index in [1.807, 2.05) is 18.2 Å². The highest BCUT2D eigenvalue weighted by Gasteiger charge is 2.35. The van der Waals surface area contributed by atoms with E-state index in [-0.39, 0.29) is 18.3 Å². The van der Waals surface area contributed by atoms with Gasteiger partial charge in [0.2, 0.25) is 5.91 Å². The highest BCUT2D eigenvalue weighted by atomic mass is 79.9. The molecule has 0 bridgehead atoms. The predicted octanol–water partition coefficient (Wildman–Crippen LogP) is 3.90. The molecule has 6 heteroatoms. The van der Waals surface area contributed by atoms with Crippen LogP contribution in [0.15, 0.2) is 45.3 Å². The quantitative estimate of drug-likeness (QED) is 0.811. The molecule has 108 valence electrons. The Hall–Kier alpha value is -1.24. The first kappa shape index (κ1) is 14.7. The molecule has 1 atom stereocenters. The van der Waals surface area contributed by atoms with Crippen LogP contribution in [0.3, 0.4) is 0 Å². The van der Waals surface area contributed by atoms with E-state index in [2.05, 4.69) is 31.9 Å². The van der Waals surface area contributed by atoms with Crippen molar-refractivity contribution in [2.75, 3.05) is 4.90 Å². The summed E-state index contributed by atoms with van der Waals surface area (Å²) < 4.78 is 15.5. The second kappa shape index (κ2) is 5.51. The Morgan fingerprint density at radius 1 is 1.14 bits per heavy atom. The van der Waals surface area contributed by atoms with E-state index in [0.717, 1.165) is 20.2 Å². The molecule has 1 amide bonds. The standard InChI is InChI=1S/C15H11Br2FN2O/c16-9-2-4-12(18)8(5-9)7-20-13-6-10(17)1-3-11(13)14(19)15(20)21/h1-6,14H,7,19H2. The lowest BCUT2D eigenvalue weighted by Crippen LogP contribution is -2.31. The molecule has 2 aromatic carbocycles. The molecule has 0 saturated heterocycles. The number of halogens is 3. The van der Waals surface area contributed by atoms with Crippen LogP contribution < -0.4 is 10.6 Å². The second-order valence-corrected chi connectivity index (χ2v) is 6.67. The maximum atomic E-state index is 13.9. The molecule has 0 radical (unpaired) electrons. The molecular weight excluding hydrogens is 403 g/mol. The minimum absolute atomic E-state index is 0.154. The molecule has 0 spiro atoms. The van der Waals surface area contributed by atoms with Crippen molar-refractivity contribution in [2.45, 2.75) is 12.6 Å². The van der Waals surface area contributed by atoms with E-state index in [9.17, 15) is 9.18 Å². The average Bonchev–Trinajstić information content (AvgIpc) is 2.67. The average molecular weight is 414 g/mol. The summed E-state index contributed by atoms with van der Waals surface area (Å²) >= 11 is 6.70. The minimum Gasteiger partial charge on any atom is -0.316 e. The minimum atomic E-state index is -0.691. The van der Waals surface area contributed by atoms with Crippen molar-refractivity contribution in [3.8, 4) is 0 Å². The highest BCUT2D eigenvalue weighted by Crippen LogP contribution is 2.37. The third-order valence-corrected chi connectivity index (χ3v) is 4.47. The van der Waals surface area contributed by atoms with Crippen LogP contribution in [0.25, 0.3) is 0 Å². The van der Waals surface area contributed by atoms with Crippen molar-refractivity contribution in [1.29, 1.82) is 0 Å². The van der Waals surface area contributed by atoms with Crippen LogP contribution in [-0.4, -0.2) is 5.91 Å². The molecule has 1 aliphatic heterocycles. The maximum absolute atomic E-state index is 13.9. The number of nitrogens with two attached hydrogens (primary N) is 1. The Morgan fingerprint density at radius 2 is 1.81 bits per heavy atom. The molecule has 1 unspecified atom stereocenters. The van der Waals surface area contributed by atoms with Gasteiger partial charge in [-0.05, 0) is 30.3 Å². The Morgan fingerprint density at radius 3 is 2.57 bits per heavy atom. The summed E-state index contributed by atoms with van der Waals surface area (Å²) in [5.41, 5.74) is 7.87. The van der Waals surface area contributed by atoms with Gasteiger partial charge in [-0.15, -0.1) is 0 Å². The first-order valence-electron chi connectivity index (χ1n) is 6.27. The van der Waals surface area contributed by atoms with Gasteiger partial charge in [-0.1, -0.05) is 37.9 Å². The summed E-state index contributed by atoms with van der Waals surface area (Å²) in [5.74, 6) is -0.564. The normalized spacial score (nSPS) is 17.2. The van der Waals surface area contributed by atoms with Crippen LogP contribution in [0.2, 0.25) is 0 Å². The van der Waals surface area contributed by atoms with Crippen molar-refractivity contribution in [2.24, 2.45) is 5.73 Å². The van der Waals surface area contributed by atoms with E-state index in [4.69, 9.17) is 5.73 Å². The number of hydrogen-bond acceptors (Lipinski definition) is 2. The van der Waals surface area contributed by atoms with Gasteiger partial charge in [-0.3, -0.25) is 4.79 Å². The molecule has 3 nitrogen and oxygen atoms in total. The van der Waals surface area contributed by atoms with Crippen molar-refractivity contribution in [3.63, 3.8) is 0 Å². The SMILES string of the molecule is NC1C(=O)N(Cc2cc(Br)ccc2F)c2cc(Br)ccc21. The number of amides is 1. The number of anilines is 1. The molecule has 2 N–H and O–H groups in total. The highest BCUT2D eigenvalue weighted by molar-refractivity contribution is 9.10. The Balaban J connectivity index is 2.02. The van der Waals surface area contributed by atoms with Crippen LogP contribution in [0, 0.1) is 5.82 Å². The smallest absolute Gasteiger partial charge is 0.248 e. The molecule has 0 fully saturated rings. The molecule has 0 saturated carbocycles. The van der Waals surface area contributed by atoms with Gasteiger partial charge in [0, 0.05) is 20.1 Å². The lowest BCUT2D eigenvalue weighted by Gasteiger charge is -2.18. The molecular formula is C15H11Br2FN2O. The Labute approximate surface area is 138 Å². The van der Waals surface area contributed by atoms with Crippen LogP contribution >= 0.6 is 31.9 Å². The van der Waals surface area contributed by atoms with Gasteiger partial charge in [0.05, 0.1) is 12.2 Å². The third kappa shape index (κ3) is 2.63. The van der Waals surface area contributed by atoms with E-state index >= 15 is 0 Å². The number of carbonyl (C=O) groups excluding carboxylic acids is 1. The van der Waals surface area contributed by atoms with Crippen LogP contribution in [-0.2, 0) is 11.3 Å². The molecule has 3 rings (SSSR count). The van der Waals surface area contributed by atoms with E-state index < -0.39 is 6.04 Å². The third-order valence-electron chi connectivity index (χ3n) is 3.49. The summed E-state index contributed by atoms with van der Waals surface area (Å²) in [4.78, 5) is 13.8. The zero-order valence-corrected chi connectivity index (χ0v) is 14.0. The van der Waals surface area contributed by atoms with Gasteiger partial charge in [-0.2, -0.15) is 0 Å². The monoisotopic (exact) mass is 412 g/mol.